The Bertz CT molecular complexity index is 1060. The van der Waals surface area contributed by atoms with Crippen LogP contribution in [0, 0.1) is 11.3 Å². The number of fused-ring (bicyclic) bond motifs is 1. The number of pyridine rings is 1. The molecule has 0 spiro atoms. The molecule has 2 heteroatoms. The predicted molar refractivity (Wildman–Crippen MR) is 97.3 cm³/mol. The second-order valence-electron chi connectivity index (χ2n) is 5.60. The Morgan fingerprint density at radius 3 is 2.33 bits per heavy atom. The molecule has 112 valence electrons. The van der Waals surface area contributed by atoms with E-state index in [4.69, 9.17) is 0 Å². The van der Waals surface area contributed by atoms with Crippen molar-refractivity contribution in [2.24, 2.45) is 0 Å². The molecule has 0 aliphatic carbocycles. The topological polar surface area (TPSA) is 36.7 Å². The summed E-state index contributed by atoms with van der Waals surface area (Å²) >= 11 is 0. The zero-order chi connectivity index (χ0) is 16.4. The highest BCUT2D eigenvalue weighted by Crippen LogP contribution is 2.37. The van der Waals surface area contributed by atoms with Gasteiger partial charge in [0.1, 0.15) is 11.8 Å². The maximum Gasteiger partial charge on any atom is 0.141 e. The molecule has 0 saturated carbocycles. The van der Waals surface area contributed by atoms with Crippen LogP contribution >= 0.6 is 0 Å². The van der Waals surface area contributed by atoms with E-state index in [2.05, 4.69) is 47.5 Å². The molecule has 0 N–H and O–H groups in total. The molecule has 0 atom stereocenters. The molecule has 24 heavy (non-hydrogen) atoms. The molecule has 0 saturated heterocycles. The monoisotopic (exact) mass is 306 g/mol. The predicted octanol–water partition coefficient (Wildman–Crippen LogP) is 5.44. The molecule has 1 aromatic heterocycles. The van der Waals surface area contributed by atoms with E-state index < -0.39 is 0 Å². The second kappa shape index (κ2) is 5.98. The van der Waals surface area contributed by atoms with E-state index in [1.165, 1.54) is 0 Å². The molecule has 0 aliphatic rings. The van der Waals surface area contributed by atoms with E-state index in [0.717, 1.165) is 33.2 Å². The molecule has 4 aromatic rings. The van der Waals surface area contributed by atoms with E-state index >= 15 is 0 Å². The Morgan fingerprint density at radius 1 is 0.708 bits per heavy atom. The highest BCUT2D eigenvalue weighted by molar-refractivity contribution is 6.03. The van der Waals surface area contributed by atoms with Crippen molar-refractivity contribution >= 4 is 10.8 Å². The molecule has 3 aromatic carbocycles. The smallest absolute Gasteiger partial charge is 0.141 e. The molecular formula is C22H14N2. The van der Waals surface area contributed by atoms with Crippen LogP contribution in [0.15, 0.2) is 84.9 Å². The quantitative estimate of drug-likeness (QED) is 0.494. The Hall–Kier alpha value is -3.44. The fourth-order valence-electron chi connectivity index (χ4n) is 3.04. The number of nitriles is 1. The number of nitrogens with zero attached hydrogens (tertiary/aromatic N) is 2. The summed E-state index contributed by atoms with van der Waals surface area (Å²) in [7, 11) is 0. The highest BCUT2D eigenvalue weighted by atomic mass is 14.7. The summed E-state index contributed by atoms with van der Waals surface area (Å²) in [5, 5.41) is 11.5. The second-order valence-corrected chi connectivity index (χ2v) is 5.60. The SMILES string of the molecule is N#Cc1cccc(-c2c(-c3ccccc3)ccc3ccccc23)n1. The fraction of sp³-hybridized carbons (Fsp3) is 0. The summed E-state index contributed by atoms with van der Waals surface area (Å²) in [6.07, 6.45) is 0. The first-order valence-electron chi connectivity index (χ1n) is 7.81. The molecule has 4 rings (SSSR count). The Kier molecular flexibility index (Phi) is 3.53. The van der Waals surface area contributed by atoms with Gasteiger partial charge in [-0.15, -0.1) is 0 Å². The van der Waals surface area contributed by atoms with Crippen molar-refractivity contribution in [2.45, 2.75) is 0 Å². The lowest BCUT2D eigenvalue weighted by Crippen LogP contribution is -1.92. The molecule has 0 unspecified atom stereocenters. The van der Waals surface area contributed by atoms with Gasteiger partial charge < -0.3 is 0 Å². The first-order chi connectivity index (χ1) is 11.9. The van der Waals surface area contributed by atoms with Gasteiger partial charge in [0.25, 0.3) is 0 Å². The van der Waals surface area contributed by atoms with Gasteiger partial charge in [0.05, 0.1) is 5.69 Å². The summed E-state index contributed by atoms with van der Waals surface area (Å²) in [6, 6.07) is 30.5. The van der Waals surface area contributed by atoms with Gasteiger partial charge in [0, 0.05) is 5.56 Å². The van der Waals surface area contributed by atoms with Gasteiger partial charge in [-0.1, -0.05) is 72.8 Å². The van der Waals surface area contributed by atoms with Crippen LogP contribution in [0.5, 0.6) is 0 Å². The fourth-order valence-corrected chi connectivity index (χ4v) is 3.04. The zero-order valence-electron chi connectivity index (χ0n) is 13.0. The summed E-state index contributed by atoms with van der Waals surface area (Å²) in [5.74, 6) is 0. The number of hydrogen-bond donors (Lipinski definition) is 0. The van der Waals surface area contributed by atoms with Crippen molar-refractivity contribution in [3.05, 3.63) is 90.6 Å². The molecule has 0 bridgehead atoms. The van der Waals surface area contributed by atoms with Gasteiger partial charge in [-0.05, 0) is 34.0 Å². The third-order valence-electron chi connectivity index (χ3n) is 4.13. The summed E-state index contributed by atoms with van der Waals surface area (Å²) < 4.78 is 0. The van der Waals surface area contributed by atoms with Crippen LogP contribution in [-0.4, -0.2) is 4.98 Å². The molecule has 0 fully saturated rings. The summed E-state index contributed by atoms with van der Waals surface area (Å²) in [4.78, 5) is 4.54. The van der Waals surface area contributed by atoms with Crippen molar-refractivity contribution in [1.82, 2.24) is 4.98 Å². The Balaban J connectivity index is 2.09. The average molecular weight is 306 g/mol. The van der Waals surface area contributed by atoms with Crippen molar-refractivity contribution in [1.29, 1.82) is 5.26 Å². The van der Waals surface area contributed by atoms with Crippen LogP contribution in [0.3, 0.4) is 0 Å². The van der Waals surface area contributed by atoms with Crippen LogP contribution in [0.4, 0.5) is 0 Å². The molecule has 2 nitrogen and oxygen atoms in total. The molecular weight excluding hydrogens is 292 g/mol. The first kappa shape index (κ1) is 14.2. The maximum atomic E-state index is 9.20. The Morgan fingerprint density at radius 2 is 1.50 bits per heavy atom. The zero-order valence-corrected chi connectivity index (χ0v) is 13.0. The van der Waals surface area contributed by atoms with Gasteiger partial charge in [-0.25, -0.2) is 4.98 Å². The molecule has 0 aliphatic heterocycles. The lowest BCUT2D eigenvalue weighted by atomic mass is 9.92. The number of hydrogen-bond acceptors (Lipinski definition) is 2. The summed E-state index contributed by atoms with van der Waals surface area (Å²) in [6.45, 7) is 0. The van der Waals surface area contributed by atoms with E-state index in [1.807, 2.05) is 42.5 Å². The number of aromatic nitrogens is 1. The van der Waals surface area contributed by atoms with Gasteiger partial charge in [-0.3, -0.25) is 0 Å². The van der Waals surface area contributed by atoms with Gasteiger partial charge >= 0.3 is 0 Å². The third kappa shape index (κ3) is 2.43. The number of benzene rings is 3. The third-order valence-corrected chi connectivity index (χ3v) is 4.13. The minimum atomic E-state index is 0.430. The van der Waals surface area contributed by atoms with Crippen LogP contribution in [0.25, 0.3) is 33.2 Å². The van der Waals surface area contributed by atoms with Crippen LogP contribution in [0.1, 0.15) is 5.69 Å². The van der Waals surface area contributed by atoms with E-state index in [0.29, 0.717) is 5.69 Å². The number of rotatable bonds is 2. The van der Waals surface area contributed by atoms with Crippen molar-refractivity contribution in [3.63, 3.8) is 0 Å². The largest absolute Gasteiger partial charge is 0.237 e. The van der Waals surface area contributed by atoms with E-state index in [9.17, 15) is 5.26 Å². The lowest BCUT2D eigenvalue weighted by molar-refractivity contribution is 1.27. The normalized spacial score (nSPS) is 10.5. The molecule has 0 amide bonds. The van der Waals surface area contributed by atoms with Crippen LogP contribution < -0.4 is 0 Å². The van der Waals surface area contributed by atoms with Gasteiger partial charge in [0.2, 0.25) is 0 Å². The Labute approximate surface area is 140 Å². The van der Waals surface area contributed by atoms with Crippen LogP contribution in [-0.2, 0) is 0 Å². The van der Waals surface area contributed by atoms with Crippen LogP contribution in [0.2, 0.25) is 0 Å². The average Bonchev–Trinajstić information content (AvgIpc) is 2.68. The minimum Gasteiger partial charge on any atom is -0.237 e. The van der Waals surface area contributed by atoms with E-state index in [-0.39, 0.29) is 0 Å². The molecule has 1 heterocycles. The first-order valence-corrected chi connectivity index (χ1v) is 7.81. The standard InChI is InChI=1S/C22H14N2/c23-15-18-10-6-12-21(24-18)22-19-11-5-4-9-17(19)13-14-20(22)16-7-2-1-3-8-16/h1-14H. The lowest BCUT2D eigenvalue weighted by Gasteiger charge is -2.13. The van der Waals surface area contributed by atoms with Crippen molar-refractivity contribution in [3.8, 4) is 28.5 Å². The van der Waals surface area contributed by atoms with Gasteiger partial charge in [0.15, 0.2) is 0 Å². The van der Waals surface area contributed by atoms with Gasteiger partial charge in [-0.2, -0.15) is 5.26 Å². The highest BCUT2D eigenvalue weighted by Gasteiger charge is 2.13. The summed E-state index contributed by atoms with van der Waals surface area (Å²) in [5.41, 5.74) is 4.58. The van der Waals surface area contributed by atoms with Crippen molar-refractivity contribution in [2.75, 3.05) is 0 Å². The molecule has 0 radical (unpaired) electrons. The maximum absolute atomic E-state index is 9.20. The minimum absolute atomic E-state index is 0.430. The van der Waals surface area contributed by atoms with E-state index in [1.54, 1.807) is 6.07 Å². The van der Waals surface area contributed by atoms with Crippen molar-refractivity contribution < 1.29 is 0 Å².